The molecule has 2 aromatic heterocycles. The first-order chi connectivity index (χ1) is 12.6. The van der Waals surface area contributed by atoms with Crippen LogP contribution >= 0.6 is 0 Å². The van der Waals surface area contributed by atoms with E-state index in [1.807, 2.05) is 0 Å². The van der Waals surface area contributed by atoms with Crippen molar-refractivity contribution in [2.45, 2.75) is 0 Å². The molecule has 0 spiro atoms. The first-order valence-corrected chi connectivity index (χ1v) is 7.70. The molecule has 4 rings (SSSR count). The zero-order valence-electron chi connectivity index (χ0n) is 13.4. The molecule has 26 heavy (non-hydrogen) atoms. The third kappa shape index (κ3) is 2.71. The third-order valence-electron chi connectivity index (χ3n) is 3.81. The van der Waals surface area contributed by atoms with Crippen LogP contribution in [-0.4, -0.2) is 48.9 Å². The van der Waals surface area contributed by atoms with Gasteiger partial charge in [-0.1, -0.05) is 12.1 Å². The summed E-state index contributed by atoms with van der Waals surface area (Å²) in [5.41, 5.74) is 0.955. The summed E-state index contributed by atoms with van der Waals surface area (Å²) in [7, 11) is 0. The molecule has 0 saturated carbocycles. The van der Waals surface area contributed by atoms with Crippen LogP contribution in [0.15, 0.2) is 55.1 Å². The van der Waals surface area contributed by atoms with Crippen molar-refractivity contribution >= 4 is 23.4 Å². The lowest BCUT2D eigenvalue weighted by Gasteiger charge is -2.13. The fourth-order valence-electron chi connectivity index (χ4n) is 2.62. The molecule has 0 aliphatic carbocycles. The number of anilines is 1. The van der Waals surface area contributed by atoms with Gasteiger partial charge in [-0.15, -0.1) is 0 Å². The van der Waals surface area contributed by atoms with Crippen molar-refractivity contribution < 1.29 is 14.4 Å². The van der Waals surface area contributed by atoms with Crippen LogP contribution in [-0.2, 0) is 4.79 Å². The van der Waals surface area contributed by atoms with Crippen LogP contribution in [0, 0.1) is 0 Å². The number of nitrogens with one attached hydrogen (secondary N) is 1. The maximum absolute atomic E-state index is 12.3. The Hall–Kier alpha value is -3.88. The summed E-state index contributed by atoms with van der Waals surface area (Å²) in [6.45, 7) is -0.382. The van der Waals surface area contributed by atoms with E-state index in [4.69, 9.17) is 0 Å². The summed E-state index contributed by atoms with van der Waals surface area (Å²) < 4.78 is 1.48. The number of carbonyl (C=O) groups is 3. The van der Waals surface area contributed by atoms with Gasteiger partial charge in [0.15, 0.2) is 0 Å². The summed E-state index contributed by atoms with van der Waals surface area (Å²) >= 11 is 0. The van der Waals surface area contributed by atoms with Crippen molar-refractivity contribution in [3.63, 3.8) is 0 Å². The van der Waals surface area contributed by atoms with Crippen molar-refractivity contribution in [3.8, 4) is 5.95 Å². The Morgan fingerprint density at radius 2 is 1.65 bits per heavy atom. The summed E-state index contributed by atoms with van der Waals surface area (Å²) in [6.07, 6.45) is 6.13. The van der Waals surface area contributed by atoms with Gasteiger partial charge in [0.05, 0.1) is 29.2 Å². The largest absolute Gasteiger partial charge is 0.322 e. The number of aromatic nitrogens is 4. The number of rotatable bonds is 4. The van der Waals surface area contributed by atoms with E-state index in [2.05, 4.69) is 20.4 Å². The Morgan fingerprint density at radius 1 is 1.00 bits per heavy atom. The molecule has 0 radical (unpaired) electrons. The Labute approximate surface area is 147 Å². The predicted octanol–water partition coefficient (Wildman–Crippen LogP) is 0.897. The topological polar surface area (TPSA) is 110 Å². The van der Waals surface area contributed by atoms with Crippen molar-refractivity contribution in [3.05, 3.63) is 66.2 Å². The lowest BCUT2D eigenvalue weighted by Crippen LogP contribution is -2.37. The number of hydrogen-bond donors (Lipinski definition) is 1. The molecule has 0 atom stereocenters. The molecule has 3 heterocycles. The number of nitrogens with zero attached hydrogens (tertiary/aromatic N) is 5. The van der Waals surface area contributed by atoms with Gasteiger partial charge in [-0.25, -0.2) is 14.6 Å². The molecule has 1 aliphatic heterocycles. The molecular weight excluding hydrogens is 336 g/mol. The predicted molar refractivity (Wildman–Crippen MR) is 89.6 cm³/mol. The molecule has 0 bridgehead atoms. The second kappa shape index (κ2) is 6.20. The fourth-order valence-corrected chi connectivity index (χ4v) is 2.62. The van der Waals surface area contributed by atoms with Crippen LogP contribution in [0.25, 0.3) is 5.95 Å². The molecule has 3 aromatic rings. The lowest BCUT2D eigenvalue weighted by atomic mass is 10.1. The SMILES string of the molecule is O=C(CN1C(=O)c2ccccc2C1=O)Nc1cnc(-n2cccn2)nc1. The number of carbonyl (C=O) groups excluding carboxylic acids is 3. The lowest BCUT2D eigenvalue weighted by molar-refractivity contribution is -0.116. The minimum absolute atomic E-state index is 0.303. The molecular formula is C17H12N6O3. The van der Waals surface area contributed by atoms with Crippen LogP contribution in [0.2, 0.25) is 0 Å². The van der Waals surface area contributed by atoms with Gasteiger partial charge >= 0.3 is 0 Å². The standard InChI is InChI=1S/C17H12N6O3/c24-14(10-22-15(25)12-4-1-2-5-13(12)16(22)26)21-11-8-18-17(19-9-11)23-7-3-6-20-23/h1-9H,10H2,(H,21,24). The van der Waals surface area contributed by atoms with Crippen LogP contribution in [0.1, 0.15) is 20.7 Å². The first kappa shape index (κ1) is 15.6. The average molecular weight is 348 g/mol. The van der Waals surface area contributed by atoms with E-state index in [0.717, 1.165) is 4.90 Å². The van der Waals surface area contributed by atoms with E-state index in [9.17, 15) is 14.4 Å². The van der Waals surface area contributed by atoms with Crippen molar-refractivity contribution in [2.75, 3.05) is 11.9 Å². The van der Waals surface area contributed by atoms with Crippen molar-refractivity contribution in [1.82, 2.24) is 24.6 Å². The molecule has 0 saturated heterocycles. The van der Waals surface area contributed by atoms with Crippen LogP contribution in [0.4, 0.5) is 5.69 Å². The van der Waals surface area contributed by atoms with Gasteiger partial charge in [0, 0.05) is 12.4 Å². The van der Waals surface area contributed by atoms with E-state index in [0.29, 0.717) is 22.8 Å². The molecule has 1 aliphatic rings. The van der Waals surface area contributed by atoms with Crippen LogP contribution in [0.3, 0.4) is 0 Å². The van der Waals surface area contributed by atoms with Gasteiger partial charge in [0.25, 0.3) is 17.8 Å². The van der Waals surface area contributed by atoms with E-state index in [-0.39, 0.29) is 6.54 Å². The Kier molecular flexibility index (Phi) is 3.73. The van der Waals surface area contributed by atoms with Crippen LogP contribution < -0.4 is 5.32 Å². The zero-order chi connectivity index (χ0) is 18.1. The zero-order valence-corrected chi connectivity index (χ0v) is 13.4. The van der Waals surface area contributed by atoms with Gasteiger partial charge in [-0.05, 0) is 18.2 Å². The molecule has 3 amide bonds. The molecule has 9 heteroatoms. The maximum Gasteiger partial charge on any atom is 0.262 e. The fraction of sp³-hybridized carbons (Fsp3) is 0.0588. The Morgan fingerprint density at radius 3 is 2.23 bits per heavy atom. The van der Waals surface area contributed by atoms with Gasteiger partial charge in [-0.2, -0.15) is 5.10 Å². The Balaban J connectivity index is 1.43. The summed E-state index contributed by atoms with van der Waals surface area (Å²) in [5, 5.41) is 6.57. The minimum atomic E-state index is -0.519. The molecule has 0 fully saturated rings. The van der Waals surface area contributed by atoms with Gasteiger partial charge in [0.1, 0.15) is 6.54 Å². The smallest absolute Gasteiger partial charge is 0.262 e. The minimum Gasteiger partial charge on any atom is -0.322 e. The molecule has 128 valence electrons. The Bertz CT molecular complexity index is 963. The van der Waals surface area contributed by atoms with Crippen molar-refractivity contribution in [2.24, 2.45) is 0 Å². The average Bonchev–Trinajstić information content (AvgIpc) is 3.27. The molecule has 1 N–H and O–H groups in total. The monoisotopic (exact) mass is 348 g/mol. The van der Waals surface area contributed by atoms with E-state index < -0.39 is 17.7 Å². The van der Waals surface area contributed by atoms with Crippen molar-refractivity contribution in [1.29, 1.82) is 0 Å². The number of benzene rings is 1. The maximum atomic E-state index is 12.3. The number of imide groups is 1. The summed E-state index contributed by atoms with van der Waals surface area (Å²) in [5.74, 6) is -1.12. The number of amides is 3. The first-order valence-electron chi connectivity index (χ1n) is 7.70. The second-order valence-electron chi connectivity index (χ2n) is 5.51. The molecule has 9 nitrogen and oxygen atoms in total. The number of fused-ring (bicyclic) bond motifs is 1. The highest BCUT2D eigenvalue weighted by Crippen LogP contribution is 2.22. The van der Waals surface area contributed by atoms with E-state index in [1.165, 1.54) is 17.1 Å². The summed E-state index contributed by atoms with van der Waals surface area (Å²) in [6, 6.07) is 8.21. The van der Waals surface area contributed by atoms with Gasteiger partial charge in [-0.3, -0.25) is 19.3 Å². The molecule has 0 unspecified atom stereocenters. The second-order valence-corrected chi connectivity index (χ2v) is 5.51. The van der Waals surface area contributed by atoms with E-state index in [1.54, 1.807) is 42.7 Å². The highest BCUT2D eigenvalue weighted by Gasteiger charge is 2.36. The number of hydrogen-bond acceptors (Lipinski definition) is 6. The van der Waals surface area contributed by atoms with Crippen LogP contribution in [0.5, 0.6) is 0 Å². The van der Waals surface area contributed by atoms with E-state index >= 15 is 0 Å². The van der Waals surface area contributed by atoms with Gasteiger partial charge in [0.2, 0.25) is 5.91 Å². The molecule has 1 aromatic carbocycles. The normalized spacial score (nSPS) is 13.0. The van der Waals surface area contributed by atoms with Gasteiger partial charge < -0.3 is 5.32 Å². The summed E-state index contributed by atoms with van der Waals surface area (Å²) in [4.78, 5) is 45.8. The quantitative estimate of drug-likeness (QED) is 0.701. The highest BCUT2D eigenvalue weighted by molar-refractivity contribution is 6.22. The highest BCUT2D eigenvalue weighted by atomic mass is 16.2. The third-order valence-corrected chi connectivity index (χ3v) is 3.81.